The zero-order chi connectivity index (χ0) is 18.4. The summed E-state index contributed by atoms with van der Waals surface area (Å²) in [5, 5.41) is 0. The molecule has 0 bridgehead atoms. The SMILES string of the molecule is CCCCCCC(C)c1ccc(-c2ncc3c(n2)CCC(CC)C3)cc1. The van der Waals surface area contributed by atoms with Crippen molar-refractivity contribution in [2.75, 3.05) is 0 Å². The zero-order valence-corrected chi connectivity index (χ0v) is 16.8. The van der Waals surface area contributed by atoms with Crippen LogP contribution in [0.4, 0.5) is 0 Å². The van der Waals surface area contributed by atoms with Gasteiger partial charge in [-0.1, -0.05) is 77.1 Å². The highest BCUT2D eigenvalue weighted by molar-refractivity contribution is 5.56. The molecule has 2 aromatic rings. The quantitative estimate of drug-likeness (QED) is 0.493. The molecule has 1 aromatic heterocycles. The molecule has 0 radical (unpaired) electrons. The van der Waals surface area contributed by atoms with Crippen molar-refractivity contribution in [1.29, 1.82) is 0 Å². The van der Waals surface area contributed by atoms with Gasteiger partial charge in [0.2, 0.25) is 0 Å². The summed E-state index contributed by atoms with van der Waals surface area (Å²) in [6.45, 7) is 6.91. The first-order valence-electron chi connectivity index (χ1n) is 10.7. The zero-order valence-electron chi connectivity index (χ0n) is 16.8. The fraction of sp³-hybridized carbons (Fsp3) is 0.583. The van der Waals surface area contributed by atoms with Crippen LogP contribution < -0.4 is 0 Å². The largest absolute Gasteiger partial charge is 0.236 e. The summed E-state index contributed by atoms with van der Waals surface area (Å²) in [6.07, 6.45) is 13.5. The summed E-state index contributed by atoms with van der Waals surface area (Å²) in [5.41, 5.74) is 5.22. The van der Waals surface area contributed by atoms with Gasteiger partial charge >= 0.3 is 0 Å². The van der Waals surface area contributed by atoms with E-state index in [0.29, 0.717) is 5.92 Å². The van der Waals surface area contributed by atoms with Crippen LogP contribution in [0.25, 0.3) is 11.4 Å². The van der Waals surface area contributed by atoms with Crippen LogP contribution in [0, 0.1) is 5.92 Å². The normalized spacial score (nSPS) is 17.7. The maximum Gasteiger partial charge on any atom is 0.159 e. The minimum atomic E-state index is 0.635. The van der Waals surface area contributed by atoms with Gasteiger partial charge in [0.05, 0.1) is 0 Å². The minimum absolute atomic E-state index is 0.635. The van der Waals surface area contributed by atoms with Crippen LogP contribution in [0.3, 0.4) is 0 Å². The van der Waals surface area contributed by atoms with Crippen molar-refractivity contribution in [1.82, 2.24) is 9.97 Å². The monoisotopic (exact) mass is 350 g/mol. The number of rotatable bonds is 8. The van der Waals surface area contributed by atoms with Crippen molar-refractivity contribution < 1.29 is 0 Å². The van der Waals surface area contributed by atoms with Crippen molar-refractivity contribution in [2.24, 2.45) is 5.92 Å². The van der Waals surface area contributed by atoms with Crippen LogP contribution >= 0.6 is 0 Å². The van der Waals surface area contributed by atoms with Gasteiger partial charge in [-0.2, -0.15) is 0 Å². The van der Waals surface area contributed by atoms with E-state index >= 15 is 0 Å². The Balaban J connectivity index is 1.65. The molecule has 1 aliphatic carbocycles. The standard InChI is InChI=1S/C24H34N2/c1-4-6-7-8-9-18(3)20-11-13-21(14-12-20)24-25-17-22-16-19(5-2)10-15-23(22)26-24/h11-14,17-19H,4-10,15-16H2,1-3H3. The summed E-state index contributed by atoms with van der Waals surface area (Å²) >= 11 is 0. The Morgan fingerprint density at radius 3 is 2.62 bits per heavy atom. The fourth-order valence-electron chi connectivity index (χ4n) is 4.08. The molecule has 0 saturated heterocycles. The van der Waals surface area contributed by atoms with E-state index in [0.717, 1.165) is 30.1 Å². The molecule has 0 N–H and O–H groups in total. The molecule has 2 unspecified atom stereocenters. The van der Waals surface area contributed by atoms with Crippen molar-refractivity contribution in [2.45, 2.75) is 84.5 Å². The van der Waals surface area contributed by atoms with Crippen LogP contribution in [0.1, 0.15) is 88.5 Å². The number of hydrogen-bond acceptors (Lipinski definition) is 2. The molecule has 0 aliphatic heterocycles. The van der Waals surface area contributed by atoms with E-state index in [-0.39, 0.29) is 0 Å². The Hall–Kier alpha value is -1.70. The summed E-state index contributed by atoms with van der Waals surface area (Å²) in [5.74, 6) is 2.34. The van der Waals surface area contributed by atoms with Crippen LogP contribution in [0.15, 0.2) is 30.5 Å². The number of nitrogens with zero attached hydrogens (tertiary/aromatic N) is 2. The molecule has 1 aliphatic rings. The third-order valence-corrected chi connectivity index (χ3v) is 6.06. The predicted molar refractivity (Wildman–Crippen MR) is 110 cm³/mol. The first-order valence-corrected chi connectivity index (χ1v) is 10.7. The van der Waals surface area contributed by atoms with E-state index in [1.54, 1.807) is 0 Å². The van der Waals surface area contributed by atoms with E-state index in [9.17, 15) is 0 Å². The number of fused-ring (bicyclic) bond motifs is 1. The van der Waals surface area contributed by atoms with Gasteiger partial charge in [-0.15, -0.1) is 0 Å². The topological polar surface area (TPSA) is 25.8 Å². The first kappa shape index (κ1) is 19.1. The highest BCUT2D eigenvalue weighted by atomic mass is 14.9. The second kappa shape index (κ2) is 9.30. The second-order valence-corrected chi connectivity index (χ2v) is 8.06. The van der Waals surface area contributed by atoms with Gasteiger partial charge < -0.3 is 0 Å². The molecule has 0 fully saturated rings. The maximum absolute atomic E-state index is 4.89. The Morgan fingerprint density at radius 2 is 1.88 bits per heavy atom. The molecule has 0 saturated carbocycles. The van der Waals surface area contributed by atoms with Crippen molar-refractivity contribution in [3.63, 3.8) is 0 Å². The lowest BCUT2D eigenvalue weighted by atomic mass is 9.86. The smallest absolute Gasteiger partial charge is 0.159 e. The average Bonchev–Trinajstić information content (AvgIpc) is 2.70. The maximum atomic E-state index is 4.89. The van der Waals surface area contributed by atoms with E-state index in [1.807, 2.05) is 0 Å². The number of benzene rings is 1. The van der Waals surface area contributed by atoms with E-state index in [2.05, 4.69) is 56.2 Å². The second-order valence-electron chi connectivity index (χ2n) is 8.06. The van der Waals surface area contributed by atoms with Crippen LogP contribution in [0.2, 0.25) is 0 Å². The van der Waals surface area contributed by atoms with Crippen LogP contribution in [-0.2, 0) is 12.8 Å². The van der Waals surface area contributed by atoms with E-state index in [4.69, 9.17) is 4.98 Å². The lowest BCUT2D eigenvalue weighted by Crippen LogP contribution is -2.15. The Bertz CT molecular complexity index is 690. The van der Waals surface area contributed by atoms with E-state index in [1.165, 1.54) is 61.8 Å². The molecular formula is C24H34N2. The summed E-state index contributed by atoms with van der Waals surface area (Å²) in [4.78, 5) is 9.55. The molecule has 2 heteroatoms. The highest BCUT2D eigenvalue weighted by Crippen LogP contribution is 2.28. The summed E-state index contributed by atoms with van der Waals surface area (Å²) in [6, 6.07) is 8.96. The van der Waals surface area contributed by atoms with Crippen LogP contribution in [-0.4, -0.2) is 9.97 Å². The Kier molecular flexibility index (Phi) is 6.82. The van der Waals surface area contributed by atoms with Crippen LogP contribution in [0.5, 0.6) is 0 Å². The average molecular weight is 351 g/mol. The molecule has 26 heavy (non-hydrogen) atoms. The first-order chi connectivity index (χ1) is 12.7. The Morgan fingerprint density at radius 1 is 1.08 bits per heavy atom. The molecule has 0 amide bonds. The lowest BCUT2D eigenvalue weighted by molar-refractivity contribution is 0.439. The van der Waals surface area contributed by atoms with E-state index < -0.39 is 0 Å². The fourth-order valence-corrected chi connectivity index (χ4v) is 4.08. The summed E-state index contributed by atoms with van der Waals surface area (Å²) in [7, 11) is 0. The predicted octanol–water partition coefficient (Wildman–Crippen LogP) is 6.73. The van der Waals surface area contributed by atoms with Crippen molar-refractivity contribution in [3.05, 3.63) is 47.3 Å². The molecule has 140 valence electrons. The molecule has 2 nitrogen and oxygen atoms in total. The number of aromatic nitrogens is 2. The van der Waals surface area contributed by atoms with Crippen molar-refractivity contribution in [3.8, 4) is 11.4 Å². The lowest BCUT2D eigenvalue weighted by Gasteiger charge is -2.22. The van der Waals surface area contributed by atoms with Gasteiger partial charge in [0.1, 0.15) is 0 Å². The van der Waals surface area contributed by atoms with Gasteiger partial charge in [0.15, 0.2) is 5.82 Å². The molecular weight excluding hydrogens is 316 g/mol. The molecule has 1 aromatic carbocycles. The number of aryl methyl sites for hydroxylation is 1. The summed E-state index contributed by atoms with van der Waals surface area (Å²) < 4.78 is 0. The Labute approximate surface area is 159 Å². The third-order valence-electron chi connectivity index (χ3n) is 6.06. The van der Waals surface area contributed by atoms with Gasteiger partial charge in [0, 0.05) is 17.5 Å². The van der Waals surface area contributed by atoms with Crippen molar-refractivity contribution >= 4 is 0 Å². The molecule has 3 rings (SSSR count). The van der Waals surface area contributed by atoms with Gasteiger partial charge in [0.25, 0.3) is 0 Å². The third kappa shape index (κ3) is 4.72. The molecule has 0 spiro atoms. The number of unbranched alkanes of at least 4 members (excludes halogenated alkanes) is 3. The van der Waals surface area contributed by atoms with Gasteiger partial charge in [-0.25, -0.2) is 9.97 Å². The van der Waals surface area contributed by atoms with Gasteiger partial charge in [-0.05, 0) is 48.6 Å². The van der Waals surface area contributed by atoms with Gasteiger partial charge in [-0.3, -0.25) is 0 Å². The molecule has 1 heterocycles. The molecule has 2 atom stereocenters. The minimum Gasteiger partial charge on any atom is -0.236 e. The highest BCUT2D eigenvalue weighted by Gasteiger charge is 2.19. The number of hydrogen-bond donors (Lipinski definition) is 0.